The van der Waals surface area contributed by atoms with E-state index in [1.165, 1.54) is 25.7 Å². The van der Waals surface area contributed by atoms with Gasteiger partial charge in [0.25, 0.3) is 0 Å². The number of nitrogens with one attached hydrogen (secondary N) is 1. The average molecular weight is 276 g/mol. The van der Waals surface area contributed by atoms with Gasteiger partial charge in [0, 0.05) is 25.2 Å². The predicted molar refractivity (Wildman–Crippen MR) is 81.6 cm³/mol. The summed E-state index contributed by atoms with van der Waals surface area (Å²) >= 11 is 0. The van der Waals surface area contributed by atoms with Gasteiger partial charge in [0.15, 0.2) is 0 Å². The Kier molecular flexibility index (Phi) is 3.97. The van der Waals surface area contributed by atoms with Crippen molar-refractivity contribution in [3.8, 4) is 0 Å². The lowest BCUT2D eigenvalue weighted by Gasteiger charge is -2.33. The fourth-order valence-electron chi connectivity index (χ4n) is 3.16. The first kappa shape index (κ1) is 13.9. The fraction of sp³-hybridized carbons (Fsp3) is 0.647. The zero-order chi connectivity index (χ0) is 14.1. The summed E-state index contributed by atoms with van der Waals surface area (Å²) in [6.45, 7) is 6.33. The highest BCUT2D eigenvalue weighted by Crippen LogP contribution is 2.29. The highest BCUT2D eigenvalue weighted by molar-refractivity contribution is 5.50. The Bertz CT molecular complexity index is 470. The molecule has 2 nitrogen and oxygen atoms in total. The second kappa shape index (κ2) is 5.72. The van der Waals surface area contributed by atoms with Crippen LogP contribution in [0.15, 0.2) is 18.2 Å². The third-order valence-corrected chi connectivity index (χ3v) is 4.53. The molecule has 3 rings (SSSR count). The van der Waals surface area contributed by atoms with E-state index >= 15 is 0 Å². The van der Waals surface area contributed by atoms with Crippen molar-refractivity contribution in [3.63, 3.8) is 0 Å². The van der Waals surface area contributed by atoms with Gasteiger partial charge in [-0.05, 0) is 56.2 Å². The maximum Gasteiger partial charge on any atom is 0.146 e. The van der Waals surface area contributed by atoms with Crippen LogP contribution >= 0.6 is 0 Å². The first-order chi connectivity index (χ1) is 9.63. The maximum absolute atomic E-state index is 14.4. The average Bonchev–Trinajstić information content (AvgIpc) is 3.22. The number of anilines is 1. The Balaban J connectivity index is 1.72. The van der Waals surface area contributed by atoms with Crippen molar-refractivity contribution >= 4 is 5.69 Å². The van der Waals surface area contributed by atoms with Gasteiger partial charge >= 0.3 is 0 Å². The smallest absolute Gasteiger partial charge is 0.146 e. The minimum Gasteiger partial charge on any atom is -0.369 e. The van der Waals surface area contributed by atoms with Crippen LogP contribution < -0.4 is 10.2 Å². The molecule has 1 aromatic rings. The SMILES string of the molecule is C[C@@H]1CCCN(c2ccc([C@@H](C)NC3CC3)cc2F)C1. The van der Waals surface area contributed by atoms with Crippen molar-refractivity contribution in [2.75, 3.05) is 18.0 Å². The summed E-state index contributed by atoms with van der Waals surface area (Å²) in [5.41, 5.74) is 1.84. The van der Waals surface area contributed by atoms with Crippen molar-refractivity contribution in [1.29, 1.82) is 0 Å². The molecule has 1 N–H and O–H groups in total. The van der Waals surface area contributed by atoms with Gasteiger partial charge in [-0.3, -0.25) is 0 Å². The largest absolute Gasteiger partial charge is 0.369 e. The number of piperidine rings is 1. The van der Waals surface area contributed by atoms with Crippen molar-refractivity contribution in [1.82, 2.24) is 5.32 Å². The van der Waals surface area contributed by atoms with Crippen LogP contribution in [0, 0.1) is 11.7 Å². The van der Waals surface area contributed by atoms with Crippen molar-refractivity contribution in [3.05, 3.63) is 29.6 Å². The summed E-state index contributed by atoms with van der Waals surface area (Å²) in [5, 5.41) is 3.52. The van der Waals surface area contributed by atoms with Gasteiger partial charge in [-0.25, -0.2) is 4.39 Å². The Hall–Kier alpha value is -1.09. The standard InChI is InChI=1S/C17H25FN2/c1-12-4-3-9-20(11-12)17-8-5-14(10-16(17)18)13(2)19-15-6-7-15/h5,8,10,12-13,15,19H,3-4,6-7,9,11H2,1-2H3/t12-,13-/m1/s1. The number of nitrogens with zero attached hydrogens (tertiary/aromatic N) is 1. The summed E-state index contributed by atoms with van der Waals surface area (Å²) in [5.74, 6) is 0.597. The van der Waals surface area contributed by atoms with Gasteiger partial charge in [0.2, 0.25) is 0 Å². The molecule has 2 aliphatic rings. The molecule has 1 aromatic carbocycles. The monoisotopic (exact) mass is 276 g/mol. The first-order valence-electron chi connectivity index (χ1n) is 7.94. The Labute approximate surface area is 121 Å². The topological polar surface area (TPSA) is 15.3 Å². The minimum atomic E-state index is -0.0685. The lowest BCUT2D eigenvalue weighted by atomic mass is 9.99. The molecular weight excluding hydrogens is 251 g/mol. The van der Waals surface area contributed by atoms with Gasteiger partial charge in [0.05, 0.1) is 5.69 Å². The van der Waals surface area contributed by atoms with Gasteiger partial charge < -0.3 is 10.2 Å². The number of hydrogen-bond acceptors (Lipinski definition) is 2. The summed E-state index contributed by atoms with van der Waals surface area (Å²) in [7, 11) is 0. The highest BCUT2D eigenvalue weighted by atomic mass is 19.1. The molecule has 0 aromatic heterocycles. The van der Waals surface area contributed by atoms with E-state index in [2.05, 4.69) is 30.1 Å². The van der Waals surface area contributed by atoms with Gasteiger partial charge in [-0.2, -0.15) is 0 Å². The van der Waals surface area contributed by atoms with Crippen LogP contribution in [0.5, 0.6) is 0 Å². The number of hydrogen-bond donors (Lipinski definition) is 1. The molecule has 0 bridgehead atoms. The van der Waals surface area contributed by atoms with Crippen LogP contribution in [0.25, 0.3) is 0 Å². The zero-order valence-corrected chi connectivity index (χ0v) is 12.5. The Morgan fingerprint density at radius 3 is 2.75 bits per heavy atom. The maximum atomic E-state index is 14.4. The van der Waals surface area contributed by atoms with Crippen LogP contribution in [0.2, 0.25) is 0 Å². The van der Waals surface area contributed by atoms with Crippen LogP contribution in [-0.2, 0) is 0 Å². The van der Waals surface area contributed by atoms with E-state index in [4.69, 9.17) is 0 Å². The fourth-order valence-corrected chi connectivity index (χ4v) is 3.16. The van der Waals surface area contributed by atoms with E-state index < -0.39 is 0 Å². The summed E-state index contributed by atoms with van der Waals surface area (Å²) in [6, 6.07) is 6.65. The van der Waals surface area contributed by atoms with Gasteiger partial charge in [-0.15, -0.1) is 0 Å². The lowest BCUT2D eigenvalue weighted by Crippen LogP contribution is -2.34. The molecule has 2 fully saturated rings. The molecule has 0 radical (unpaired) electrons. The van der Waals surface area contributed by atoms with E-state index in [0.29, 0.717) is 12.0 Å². The summed E-state index contributed by atoms with van der Waals surface area (Å²) < 4.78 is 14.4. The van der Waals surface area contributed by atoms with Crippen molar-refractivity contribution < 1.29 is 4.39 Å². The van der Waals surface area contributed by atoms with Crippen molar-refractivity contribution in [2.45, 2.75) is 51.6 Å². The van der Waals surface area contributed by atoms with Gasteiger partial charge in [0.1, 0.15) is 5.82 Å². The molecule has 1 aliphatic carbocycles. The second-order valence-corrected chi connectivity index (χ2v) is 6.57. The quantitative estimate of drug-likeness (QED) is 0.898. The minimum absolute atomic E-state index is 0.0685. The molecule has 1 heterocycles. The lowest BCUT2D eigenvalue weighted by molar-refractivity contribution is 0.442. The Morgan fingerprint density at radius 2 is 2.10 bits per heavy atom. The van der Waals surface area contributed by atoms with Crippen LogP contribution in [0.4, 0.5) is 10.1 Å². The molecule has 3 heteroatoms. The third-order valence-electron chi connectivity index (χ3n) is 4.53. The number of halogens is 1. The number of benzene rings is 1. The highest BCUT2D eigenvalue weighted by Gasteiger charge is 2.24. The van der Waals surface area contributed by atoms with E-state index in [-0.39, 0.29) is 11.9 Å². The molecule has 0 spiro atoms. The molecule has 1 saturated heterocycles. The Morgan fingerprint density at radius 1 is 1.30 bits per heavy atom. The van der Waals surface area contributed by atoms with Crippen LogP contribution in [-0.4, -0.2) is 19.1 Å². The van der Waals surface area contributed by atoms with E-state index in [1.54, 1.807) is 6.07 Å². The summed E-state index contributed by atoms with van der Waals surface area (Å²) in [6.07, 6.45) is 4.95. The zero-order valence-electron chi connectivity index (χ0n) is 12.5. The molecular formula is C17H25FN2. The van der Waals surface area contributed by atoms with E-state index in [9.17, 15) is 4.39 Å². The van der Waals surface area contributed by atoms with E-state index in [1.807, 2.05) is 6.07 Å². The third kappa shape index (κ3) is 3.14. The van der Waals surface area contributed by atoms with Crippen molar-refractivity contribution in [2.24, 2.45) is 5.92 Å². The first-order valence-corrected chi connectivity index (χ1v) is 7.94. The second-order valence-electron chi connectivity index (χ2n) is 6.57. The molecule has 0 unspecified atom stereocenters. The molecule has 110 valence electrons. The molecule has 2 atom stereocenters. The molecule has 20 heavy (non-hydrogen) atoms. The van der Waals surface area contributed by atoms with Crippen LogP contribution in [0.3, 0.4) is 0 Å². The predicted octanol–water partition coefficient (Wildman–Crippen LogP) is 3.88. The number of rotatable bonds is 4. The normalized spacial score (nSPS) is 24.8. The molecule has 1 saturated carbocycles. The molecule has 0 amide bonds. The molecule has 1 aliphatic heterocycles. The summed E-state index contributed by atoms with van der Waals surface area (Å²) in [4.78, 5) is 2.20. The van der Waals surface area contributed by atoms with Crippen LogP contribution in [0.1, 0.15) is 51.1 Å². The van der Waals surface area contributed by atoms with E-state index in [0.717, 1.165) is 24.3 Å². The van der Waals surface area contributed by atoms with Gasteiger partial charge in [-0.1, -0.05) is 13.0 Å².